The summed E-state index contributed by atoms with van der Waals surface area (Å²) < 4.78 is 20.3. The first-order chi connectivity index (χ1) is 13.4. The minimum Gasteiger partial charge on any atom is -0.491 e. The van der Waals surface area contributed by atoms with E-state index in [1.54, 1.807) is 6.92 Å². The van der Waals surface area contributed by atoms with E-state index in [-0.39, 0.29) is 5.97 Å². The van der Waals surface area contributed by atoms with Crippen LogP contribution in [0.1, 0.15) is 76.2 Å². The predicted molar refractivity (Wildman–Crippen MR) is 137 cm³/mol. The van der Waals surface area contributed by atoms with Crippen molar-refractivity contribution >= 4 is 31.4 Å². The van der Waals surface area contributed by atoms with E-state index >= 15 is 0 Å². The lowest BCUT2D eigenvalue weighted by molar-refractivity contribution is -0.132. The first-order valence-corrected chi connectivity index (χ1v) is 18.9. The van der Waals surface area contributed by atoms with E-state index in [0.717, 1.165) is 12.1 Å². The molecule has 0 bridgehead atoms. The van der Waals surface area contributed by atoms with E-state index in [0.29, 0.717) is 34.0 Å². The van der Waals surface area contributed by atoms with Gasteiger partial charge in [0.05, 0.1) is 0 Å². The highest BCUT2D eigenvalue weighted by molar-refractivity contribution is 6.89. The third kappa shape index (κ3) is 8.37. The molecule has 0 rings (SSSR count). The molecule has 4 nitrogen and oxygen atoms in total. The Kier molecular flexibility index (Phi) is 11.5. The molecule has 0 aliphatic carbocycles. The molecule has 0 unspecified atom stereocenters. The van der Waals surface area contributed by atoms with Crippen LogP contribution in [0.2, 0.25) is 41.8 Å². The van der Waals surface area contributed by atoms with Gasteiger partial charge in [0, 0.05) is 17.7 Å². The first kappa shape index (κ1) is 29.8. The van der Waals surface area contributed by atoms with Crippen molar-refractivity contribution in [3.63, 3.8) is 0 Å². The second-order valence-electron chi connectivity index (χ2n) is 11.2. The van der Waals surface area contributed by atoms with E-state index in [4.69, 9.17) is 12.7 Å². The van der Waals surface area contributed by atoms with Crippen LogP contribution in [0, 0.1) is 11.8 Å². The number of hydrogen-bond acceptors (Lipinski definition) is 4. The number of hydrogen-bond donors (Lipinski definition) is 0. The van der Waals surface area contributed by atoms with Gasteiger partial charge in [0.2, 0.25) is 0 Å². The molecule has 0 aliphatic heterocycles. The first-order valence-electron chi connectivity index (χ1n) is 11.7. The third-order valence-corrected chi connectivity index (χ3v) is 21.3. The van der Waals surface area contributed by atoms with E-state index < -0.39 is 25.4 Å². The molecule has 0 amide bonds. The van der Waals surface area contributed by atoms with Gasteiger partial charge in [-0.15, -0.1) is 0 Å². The number of rotatable bonds is 13. The van der Waals surface area contributed by atoms with E-state index in [9.17, 15) is 4.79 Å². The Morgan fingerprint density at radius 3 is 1.40 bits per heavy atom. The summed E-state index contributed by atoms with van der Waals surface area (Å²) in [5, 5.41) is 0. The molecular weight excluding hydrogens is 425 g/mol. The SMILES string of the molecule is C=C(C)C(=O)O[Si](CC(C)C)(CC(C)C)O[Si](C)(C)O[Si](C(C)C)(C(C)C)C(C)C. The summed E-state index contributed by atoms with van der Waals surface area (Å²) in [7, 11) is -7.52. The van der Waals surface area contributed by atoms with Crippen LogP contribution in [-0.4, -0.2) is 31.4 Å². The van der Waals surface area contributed by atoms with E-state index in [1.165, 1.54) is 0 Å². The molecular formula is C23H50O4Si3. The Morgan fingerprint density at radius 1 is 0.767 bits per heavy atom. The zero-order chi connectivity index (χ0) is 24.1. The summed E-state index contributed by atoms with van der Waals surface area (Å²) in [4.78, 5) is 12.6. The summed E-state index contributed by atoms with van der Waals surface area (Å²) in [6, 6.07) is 1.56. The molecule has 0 spiro atoms. The van der Waals surface area contributed by atoms with E-state index in [1.807, 2.05) is 0 Å². The van der Waals surface area contributed by atoms with Gasteiger partial charge in [-0.05, 0) is 48.5 Å². The predicted octanol–water partition coefficient (Wildman–Crippen LogP) is 7.77. The Hall–Kier alpha value is -0.219. The van der Waals surface area contributed by atoms with Crippen molar-refractivity contribution in [1.29, 1.82) is 0 Å². The number of carbonyl (C=O) groups excluding carboxylic acids is 1. The largest absolute Gasteiger partial charge is 0.491 e. The van der Waals surface area contributed by atoms with Gasteiger partial charge in [0.15, 0.2) is 8.32 Å². The lowest BCUT2D eigenvalue weighted by Gasteiger charge is -2.49. The van der Waals surface area contributed by atoms with Gasteiger partial charge in [0.1, 0.15) is 0 Å². The van der Waals surface area contributed by atoms with Gasteiger partial charge < -0.3 is 12.7 Å². The fraction of sp³-hybridized carbons (Fsp3) is 0.870. The number of carbonyl (C=O) groups is 1. The summed E-state index contributed by atoms with van der Waals surface area (Å²) in [6.45, 7) is 32.3. The highest BCUT2D eigenvalue weighted by atomic mass is 28.5. The average molecular weight is 475 g/mol. The van der Waals surface area contributed by atoms with Gasteiger partial charge >= 0.3 is 23.1 Å². The highest BCUT2D eigenvalue weighted by Gasteiger charge is 2.53. The van der Waals surface area contributed by atoms with Crippen LogP contribution in [0.5, 0.6) is 0 Å². The van der Waals surface area contributed by atoms with Crippen LogP contribution in [0.25, 0.3) is 0 Å². The molecule has 0 aromatic heterocycles. The molecule has 0 saturated carbocycles. The molecule has 0 atom stereocenters. The Morgan fingerprint density at radius 2 is 1.13 bits per heavy atom. The van der Waals surface area contributed by atoms with Crippen LogP contribution < -0.4 is 0 Å². The van der Waals surface area contributed by atoms with Gasteiger partial charge in [-0.2, -0.15) is 0 Å². The topological polar surface area (TPSA) is 44.8 Å². The molecule has 0 N–H and O–H groups in total. The zero-order valence-electron chi connectivity index (χ0n) is 22.1. The molecule has 0 fully saturated rings. The molecule has 0 saturated heterocycles. The Bertz CT molecular complexity index is 537. The van der Waals surface area contributed by atoms with Crippen LogP contribution in [0.15, 0.2) is 12.2 Å². The maximum Gasteiger partial charge on any atom is 0.393 e. The molecule has 30 heavy (non-hydrogen) atoms. The van der Waals surface area contributed by atoms with Crippen molar-refractivity contribution in [3.05, 3.63) is 12.2 Å². The second kappa shape index (κ2) is 11.6. The van der Waals surface area contributed by atoms with Gasteiger partial charge in [-0.3, -0.25) is 0 Å². The standard InChI is InChI=1S/C23H50O4Si3/c1-17(2)15-29(16-18(3)4,25-23(24)19(5)6)26-28(13,14)27-30(20(7)8,21(9)10)22(11)12/h17-18,20-22H,5,15-16H2,1-4,6-14H3. The minimum atomic E-state index is -2.84. The Labute approximate surface area is 190 Å². The fourth-order valence-electron chi connectivity index (χ4n) is 5.02. The molecule has 0 aromatic rings. The Balaban J connectivity index is 6.24. The van der Waals surface area contributed by atoms with Crippen molar-refractivity contribution in [3.8, 4) is 0 Å². The minimum absolute atomic E-state index is 0.326. The van der Waals surface area contributed by atoms with Crippen LogP contribution >= 0.6 is 0 Å². The molecule has 0 heterocycles. The fourth-order valence-corrected chi connectivity index (χ4v) is 23.5. The molecule has 178 valence electrons. The van der Waals surface area contributed by atoms with Crippen molar-refractivity contribution in [2.24, 2.45) is 11.8 Å². The van der Waals surface area contributed by atoms with Crippen molar-refractivity contribution in [2.75, 3.05) is 0 Å². The average Bonchev–Trinajstić information content (AvgIpc) is 2.48. The summed E-state index contributed by atoms with van der Waals surface area (Å²) in [5.41, 5.74) is 1.88. The normalized spacial score (nSPS) is 13.8. The van der Waals surface area contributed by atoms with Crippen molar-refractivity contribution in [1.82, 2.24) is 0 Å². The lowest BCUT2D eigenvalue weighted by atomic mass is 10.3. The molecule has 0 radical (unpaired) electrons. The van der Waals surface area contributed by atoms with Crippen LogP contribution in [0.3, 0.4) is 0 Å². The summed E-state index contributed by atoms with van der Waals surface area (Å²) >= 11 is 0. The van der Waals surface area contributed by atoms with Crippen molar-refractivity contribution in [2.45, 2.75) is 118 Å². The molecule has 7 heteroatoms. The van der Waals surface area contributed by atoms with E-state index in [2.05, 4.69) is 88.9 Å². The maximum atomic E-state index is 12.6. The summed E-state index contributed by atoms with van der Waals surface area (Å²) in [5.74, 6) is 0.425. The monoisotopic (exact) mass is 474 g/mol. The molecule has 0 aliphatic rings. The van der Waals surface area contributed by atoms with Crippen molar-refractivity contribution < 1.29 is 17.5 Å². The third-order valence-electron chi connectivity index (χ3n) is 5.63. The lowest BCUT2D eigenvalue weighted by Crippen LogP contribution is -2.61. The maximum absolute atomic E-state index is 12.6. The van der Waals surface area contributed by atoms with Crippen LogP contribution in [0.4, 0.5) is 0 Å². The quantitative estimate of drug-likeness (QED) is 0.202. The van der Waals surface area contributed by atoms with Gasteiger partial charge in [-0.25, -0.2) is 4.79 Å². The van der Waals surface area contributed by atoms with Gasteiger partial charge in [0.25, 0.3) is 0 Å². The van der Waals surface area contributed by atoms with Crippen LogP contribution in [-0.2, 0) is 17.5 Å². The smallest absolute Gasteiger partial charge is 0.393 e. The van der Waals surface area contributed by atoms with Gasteiger partial charge in [-0.1, -0.05) is 75.8 Å². The highest BCUT2D eigenvalue weighted by Crippen LogP contribution is 2.45. The molecule has 0 aromatic carbocycles. The second-order valence-corrected chi connectivity index (χ2v) is 23.6. The zero-order valence-corrected chi connectivity index (χ0v) is 25.1. The summed E-state index contributed by atoms with van der Waals surface area (Å²) in [6.07, 6.45) is 0.